The van der Waals surface area contributed by atoms with Crippen LogP contribution in [0.2, 0.25) is 0 Å². The Labute approximate surface area is 256 Å². The fraction of sp³-hybridized carbons (Fsp3) is 0.250. The molecule has 17 heteroatoms. The summed E-state index contributed by atoms with van der Waals surface area (Å²) in [6.07, 6.45) is 1.16. The molecule has 3 aromatic heterocycles. The first-order chi connectivity index (χ1) is 21.4. The lowest BCUT2D eigenvalue weighted by Gasteiger charge is -2.30. The van der Waals surface area contributed by atoms with E-state index in [0.717, 1.165) is 23.2 Å². The van der Waals surface area contributed by atoms with E-state index in [2.05, 4.69) is 25.4 Å². The zero-order valence-electron chi connectivity index (χ0n) is 23.7. The molecule has 6 rings (SSSR count). The van der Waals surface area contributed by atoms with Gasteiger partial charge in [0.05, 0.1) is 17.5 Å². The second-order valence-corrected chi connectivity index (χ2v) is 14.1. The van der Waals surface area contributed by atoms with E-state index in [1.54, 1.807) is 30.3 Å². The van der Waals surface area contributed by atoms with Gasteiger partial charge in [-0.05, 0) is 31.0 Å². The largest absolute Gasteiger partial charge is 0.351 e. The number of alkyl halides is 2. The Balaban J connectivity index is 1.44. The van der Waals surface area contributed by atoms with E-state index in [9.17, 15) is 30.4 Å². The van der Waals surface area contributed by atoms with Gasteiger partial charge in [0, 0.05) is 36.3 Å². The van der Waals surface area contributed by atoms with Crippen LogP contribution < -0.4 is 10.9 Å². The van der Waals surface area contributed by atoms with Gasteiger partial charge in [0.1, 0.15) is 11.2 Å². The molecule has 0 spiro atoms. The molecule has 1 saturated heterocycles. The highest BCUT2D eigenvalue weighted by atomic mass is 32.2. The Bertz CT molecular complexity index is 2170. The first-order valence-electron chi connectivity index (χ1n) is 13.7. The monoisotopic (exact) mass is 656 g/mol. The van der Waals surface area contributed by atoms with Crippen LogP contribution in [0.25, 0.3) is 28.1 Å². The Morgan fingerprint density at radius 3 is 2.33 bits per heavy atom. The van der Waals surface area contributed by atoms with E-state index in [1.807, 2.05) is 0 Å². The highest BCUT2D eigenvalue weighted by molar-refractivity contribution is 7.90. The summed E-state index contributed by atoms with van der Waals surface area (Å²) in [4.78, 5) is 26.0. The van der Waals surface area contributed by atoms with E-state index in [4.69, 9.17) is 0 Å². The number of para-hydroxylation sites is 1. The maximum Gasteiger partial charge on any atom is 0.286 e. The summed E-state index contributed by atoms with van der Waals surface area (Å²) in [6.45, 7) is 0.568. The van der Waals surface area contributed by atoms with Crippen LogP contribution >= 0.6 is 0 Å². The highest BCUT2D eigenvalue weighted by Gasteiger charge is 2.28. The van der Waals surface area contributed by atoms with Gasteiger partial charge in [0.25, 0.3) is 22.0 Å². The predicted octanol–water partition coefficient (Wildman–Crippen LogP) is 3.05. The molecule has 0 radical (unpaired) electrons. The minimum atomic E-state index is -4.49. The molecule has 1 aliphatic heterocycles. The van der Waals surface area contributed by atoms with Gasteiger partial charge in [-0.25, -0.2) is 31.5 Å². The zero-order chi connectivity index (χ0) is 31.9. The van der Waals surface area contributed by atoms with Crippen molar-refractivity contribution in [3.8, 4) is 17.1 Å². The van der Waals surface area contributed by atoms with Gasteiger partial charge < -0.3 is 5.32 Å². The van der Waals surface area contributed by atoms with Gasteiger partial charge in [-0.3, -0.25) is 9.36 Å². The average molecular weight is 657 g/mol. The van der Waals surface area contributed by atoms with Gasteiger partial charge in [-0.1, -0.05) is 42.5 Å². The standard InChI is InChI=1S/C28H26F2N8O5S2/c1-44(40,41)36-13-11-20(12-14-36)33-28-31-16-19-15-21(24(29)30)27(39)38(26(19)34-28)22-9-5-6-10-23(22)45(42,43)37-17-32-25(35-37)18-7-3-2-4-8-18/h2-10,15-17,20,24H,11-14H2,1H3,(H,31,33,34). The maximum absolute atomic E-state index is 14.1. The topological polar surface area (TPSA) is 162 Å². The molecule has 1 aliphatic rings. The van der Waals surface area contributed by atoms with Gasteiger partial charge in [0.2, 0.25) is 16.0 Å². The third-order valence-corrected chi connectivity index (χ3v) is 10.3. The summed E-state index contributed by atoms with van der Waals surface area (Å²) in [5, 5.41) is 7.32. The number of piperidine rings is 1. The van der Waals surface area contributed by atoms with E-state index < -0.39 is 42.5 Å². The molecule has 2 aromatic carbocycles. The Kier molecular flexibility index (Phi) is 7.92. The SMILES string of the molecule is CS(=O)(=O)N1CCC(Nc2ncc3cc(C(F)F)c(=O)n(-c4ccccc4S(=O)(=O)n4cnc(-c5ccccc5)n4)c3n2)CC1. The van der Waals surface area contributed by atoms with Gasteiger partial charge in [-0.15, -0.1) is 9.19 Å². The summed E-state index contributed by atoms with van der Waals surface area (Å²) in [5.74, 6) is 0.201. The Morgan fingerprint density at radius 1 is 0.956 bits per heavy atom. The molecule has 0 bridgehead atoms. The molecule has 0 unspecified atom stereocenters. The third-order valence-electron chi connectivity index (χ3n) is 7.39. The van der Waals surface area contributed by atoms with Crippen molar-refractivity contribution in [3.05, 3.63) is 89.1 Å². The Hall–Kier alpha value is -4.61. The molecule has 45 heavy (non-hydrogen) atoms. The molecule has 0 saturated carbocycles. The number of nitrogens with zero attached hydrogens (tertiary/aromatic N) is 7. The first-order valence-corrected chi connectivity index (χ1v) is 17.0. The average Bonchev–Trinajstić information content (AvgIpc) is 3.53. The number of benzene rings is 2. The van der Waals surface area contributed by atoms with Crippen molar-refractivity contribution in [1.82, 2.24) is 33.0 Å². The molecular formula is C28H26F2N8O5S2. The van der Waals surface area contributed by atoms with Crippen LogP contribution in [0.4, 0.5) is 14.7 Å². The number of aromatic nitrogens is 6. The lowest BCUT2D eigenvalue weighted by Crippen LogP contribution is -2.42. The summed E-state index contributed by atoms with van der Waals surface area (Å²) in [6, 6.07) is 14.9. The van der Waals surface area contributed by atoms with Crippen molar-refractivity contribution in [2.45, 2.75) is 30.2 Å². The predicted molar refractivity (Wildman–Crippen MR) is 161 cm³/mol. The number of pyridine rings is 1. The van der Waals surface area contributed by atoms with Gasteiger partial charge in [-0.2, -0.15) is 13.4 Å². The van der Waals surface area contributed by atoms with Crippen LogP contribution in [-0.4, -0.2) is 75.2 Å². The number of hydrogen-bond donors (Lipinski definition) is 1. The van der Waals surface area contributed by atoms with E-state index in [-0.39, 0.29) is 47.6 Å². The Morgan fingerprint density at radius 2 is 1.64 bits per heavy atom. The number of rotatable bonds is 8. The minimum Gasteiger partial charge on any atom is -0.351 e. The smallest absolute Gasteiger partial charge is 0.286 e. The van der Waals surface area contributed by atoms with E-state index >= 15 is 0 Å². The van der Waals surface area contributed by atoms with Crippen molar-refractivity contribution in [1.29, 1.82) is 0 Å². The maximum atomic E-state index is 14.1. The molecule has 0 amide bonds. The van der Waals surface area contributed by atoms with Crippen LogP contribution in [-0.2, 0) is 20.0 Å². The number of fused-ring (bicyclic) bond motifs is 1. The fourth-order valence-electron chi connectivity index (χ4n) is 5.13. The second kappa shape index (κ2) is 11.7. The molecule has 0 atom stereocenters. The van der Waals surface area contributed by atoms with Crippen molar-refractivity contribution in [2.24, 2.45) is 0 Å². The lowest BCUT2D eigenvalue weighted by molar-refractivity contribution is 0.149. The molecule has 1 fully saturated rings. The molecule has 4 heterocycles. The molecule has 5 aromatic rings. The van der Waals surface area contributed by atoms with Crippen LogP contribution in [0, 0.1) is 0 Å². The van der Waals surface area contributed by atoms with Crippen molar-refractivity contribution in [3.63, 3.8) is 0 Å². The van der Waals surface area contributed by atoms with Gasteiger partial charge >= 0.3 is 0 Å². The molecular weight excluding hydrogens is 630 g/mol. The first kappa shape index (κ1) is 30.4. The second-order valence-electron chi connectivity index (χ2n) is 10.4. The van der Waals surface area contributed by atoms with Crippen molar-refractivity contribution >= 4 is 37.0 Å². The minimum absolute atomic E-state index is 0.0577. The van der Waals surface area contributed by atoms with Crippen LogP contribution in [0.1, 0.15) is 24.8 Å². The van der Waals surface area contributed by atoms with Crippen molar-refractivity contribution in [2.75, 3.05) is 24.7 Å². The molecule has 13 nitrogen and oxygen atoms in total. The summed E-state index contributed by atoms with van der Waals surface area (Å²) in [5.41, 5.74) is -1.78. The van der Waals surface area contributed by atoms with Crippen molar-refractivity contribution < 1.29 is 25.6 Å². The zero-order valence-corrected chi connectivity index (χ0v) is 25.3. The third kappa shape index (κ3) is 5.93. The lowest BCUT2D eigenvalue weighted by atomic mass is 10.1. The highest BCUT2D eigenvalue weighted by Crippen LogP contribution is 2.28. The number of anilines is 1. The summed E-state index contributed by atoms with van der Waals surface area (Å²) >= 11 is 0. The normalized spacial score (nSPS) is 15.1. The van der Waals surface area contributed by atoms with E-state index in [0.29, 0.717) is 22.5 Å². The number of hydrogen-bond acceptors (Lipinski definition) is 10. The number of halogens is 2. The van der Waals surface area contributed by atoms with E-state index in [1.165, 1.54) is 34.8 Å². The summed E-state index contributed by atoms with van der Waals surface area (Å²) < 4.78 is 82.5. The van der Waals surface area contributed by atoms with Crippen LogP contribution in [0.15, 0.2) is 82.9 Å². The quantitative estimate of drug-likeness (QED) is 0.263. The van der Waals surface area contributed by atoms with Crippen LogP contribution in [0.3, 0.4) is 0 Å². The number of nitrogens with one attached hydrogen (secondary N) is 1. The number of sulfonamides is 1. The van der Waals surface area contributed by atoms with Gasteiger partial charge in [0.15, 0.2) is 11.5 Å². The molecule has 0 aliphatic carbocycles. The molecule has 1 N–H and O–H groups in total. The fourth-order valence-corrected chi connectivity index (χ4v) is 7.23. The molecule has 234 valence electrons. The van der Waals surface area contributed by atoms with Crippen LogP contribution in [0.5, 0.6) is 0 Å². The summed E-state index contributed by atoms with van der Waals surface area (Å²) in [7, 11) is -7.83.